The molecular formula is C17H23NO2. The number of aryl methyl sites for hydroxylation is 1. The van der Waals surface area contributed by atoms with Gasteiger partial charge in [-0.05, 0) is 55.0 Å². The van der Waals surface area contributed by atoms with Crippen molar-refractivity contribution >= 4 is 17.7 Å². The highest BCUT2D eigenvalue weighted by molar-refractivity contribution is 5.85. The lowest BCUT2D eigenvalue weighted by Gasteiger charge is -2.25. The first-order chi connectivity index (χ1) is 9.56. The molecule has 0 unspecified atom stereocenters. The van der Waals surface area contributed by atoms with E-state index in [-0.39, 0.29) is 0 Å². The summed E-state index contributed by atoms with van der Waals surface area (Å²) in [6.45, 7) is 3.20. The van der Waals surface area contributed by atoms with Gasteiger partial charge in [-0.15, -0.1) is 0 Å². The molecule has 1 aromatic rings. The van der Waals surface area contributed by atoms with Crippen molar-refractivity contribution in [3.05, 3.63) is 35.4 Å². The van der Waals surface area contributed by atoms with Crippen molar-refractivity contribution < 1.29 is 9.90 Å². The Bertz CT molecular complexity index is 502. The number of carboxylic acid groups (broad SMARTS) is 1. The van der Waals surface area contributed by atoms with Crippen LogP contribution in [0.15, 0.2) is 24.3 Å². The molecule has 0 aromatic heterocycles. The van der Waals surface area contributed by atoms with Crippen LogP contribution in [0.5, 0.6) is 0 Å². The molecule has 1 aliphatic rings. The van der Waals surface area contributed by atoms with Gasteiger partial charge in [-0.25, -0.2) is 4.79 Å². The summed E-state index contributed by atoms with van der Waals surface area (Å²) < 4.78 is 0. The minimum atomic E-state index is -0.912. The number of hydrogen-bond acceptors (Lipinski definition) is 2. The third-order valence-electron chi connectivity index (χ3n) is 4.06. The van der Waals surface area contributed by atoms with Crippen LogP contribution in [-0.2, 0) is 4.79 Å². The van der Waals surface area contributed by atoms with Gasteiger partial charge in [0, 0.05) is 25.4 Å². The molecule has 0 saturated heterocycles. The molecule has 1 fully saturated rings. The number of carbonyl (C=O) groups is 1. The van der Waals surface area contributed by atoms with Gasteiger partial charge in [0.2, 0.25) is 0 Å². The number of nitrogens with zero attached hydrogens (tertiary/aromatic N) is 1. The fourth-order valence-electron chi connectivity index (χ4n) is 3.06. The first-order valence-electron chi connectivity index (χ1n) is 7.29. The molecule has 20 heavy (non-hydrogen) atoms. The highest BCUT2D eigenvalue weighted by atomic mass is 16.4. The summed E-state index contributed by atoms with van der Waals surface area (Å²) in [5.41, 5.74) is 3.37. The zero-order chi connectivity index (χ0) is 14.5. The lowest BCUT2D eigenvalue weighted by Crippen LogP contribution is -2.24. The van der Waals surface area contributed by atoms with Gasteiger partial charge in [0.05, 0.1) is 0 Å². The minimum absolute atomic E-state index is 0.825. The first kappa shape index (κ1) is 14.6. The molecule has 3 nitrogen and oxygen atoms in total. The summed E-state index contributed by atoms with van der Waals surface area (Å²) in [4.78, 5) is 12.9. The SMILES string of the molecule is Cc1cc(C=CC(=O)O)ccc1N(C)CC1CCCC1. The molecule has 2 rings (SSSR count). The van der Waals surface area contributed by atoms with Crippen molar-refractivity contribution in [3.8, 4) is 0 Å². The molecule has 3 heteroatoms. The van der Waals surface area contributed by atoms with Crippen LogP contribution in [0.2, 0.25) is 0 Å². The standard InChI is InChI=1S/C17H23NO2/c1-13-11-14(8-10-17(19)20)7-9-16(13)18(2)12-15-5-3-4-6-15/h7-11,15H,3-6,12H2,1-2H3,(H,19,20). The molecule has 0 aliphatic heterocycles. The largest absolute Gasteiger partial charge is 0.478 e. The lowest BCUT2D eigenvalue weighted by molar-refractivity contribution is -0.131. The van der Waals surface area contributed by atoms with Crippen molar-refractivity contribution in [3.63, 3.8) is 0 Å². The molecule has 0 atom stereocenters. The Morgan fingerprint density at radius 1 is 1.40 bits per heavy atom. The van der Waals surface area contributed by atoms with Crippen LogP contribution in [0.1, 0.15) is 36.8 Å². The minimum Gasteiger partial charge on any atom is -0.478 e. The summed E-state index contributed by atoms with van der Waals surface area (Å²) in [5, 5.41) is 8.65. The molecule has 0 bridgehead atoms. The lowest BCUT2D eigenvalue weighted by atomic mass is 10.1. The van der Waals surface area contributed by atoms with E-state index in [4.69, 9.17) is 5.11 Å². The Balaban J connectivity index is 2.06. The summed E-state index contributed by atoms with van der Waals surface area (Å²) in [6.07, 6.45) is 8.26. The Labute approximate surface area is 120 Å². The number of rotatable bonds is 5. The molecule has 1 saturated carbocycles. The van der Waals surface area contributed by atoms with Gasteiger partial charge >= 0.3 is 5.97 Å². The maximum absolute atomic E-state index is 10.5. The van der Waals surface area contributed by atoms with Crippen LogP contribution < -0.4 is 4.90 Å². The van der Waals surface area contributed by atoms with Crippen molar-refractivity contribution in [2.75, 3.05) is 18.5 Å². The molecular weight excluding hydrogens is 250 g/mol. The summed E-state index contributed by atoms with van der Waals surface area (Å²) >= 11 is 0. The third-order valence-corrected chi connectivity index (χ3v) is 4.06. The highest BCUT2D eigenvalue weighted by Gasteiger charge is 2.17. The van der Waals surface area contributed by atoms with E-state index in [2.05, 4.69) is 24.9 Å². The fraction of sp³-hybridized carbons (Fsp3) is 0.471. The summed E-state index contributed by atoms with van der Waals surface area (Å²) in [7, 11) is 2.15. The topological polar surface area (TPSA) is 40.5 Å². The van der Waals surface area contributed by atoms with Crippen LogP contribution in [0.4, 0.5) is 5.69 Å². The second-order valence-corrected chi connectivity index (χ2v) is 5.75. The van der Waals surface area contributed by atoms with Gasteiger partial charge in [-0.3, -0.25) is 0 Å². The van der Waals surface area contributed by atoms with Crippen LogP contribution >= 0.6 is 0 Å². The van der Waals surface area contributed by atoms with Crippen LogP contribution in [-0.4, -0.2) is 24.7 Å². The molecule has 0 spiro atoms. The number of hydrogen-bond donors (Lipinski definition) is 1. The van der Waals surface area contributed by atoms with Crippen LogP contribution in [0, 0.1) is 12.8 Å². The van der Waals surface area contributed by atoms with E-state index in [1.165, 1.54) is 43.0 Å². The third kappa shape index (κ3) is 3.86. The highest BCUT2D eigenvalue weighted by Crippen LogP contribution is 2.28. The Morgan fingerprint density at radius 2 is 2.10 bits per heavy atom. The van der Waals surface area contributed by atoms with E-state index in [9.17, 15) is 4.79 Å². The first-order valence-corrected chi connectivity index (χ1v) is 7.29. The second kappa shape index (κ2) is 6.60. The smallest absolute Gasteiger partial charge is 0.328 e. The monoisotopic (exact) mass is 273 g/mol. The van der Waals surface area contributed by atoms with Gasteiger partial charge in [0.1, 0.15) is 0 Å². The van der Waals surface area contributed by atoms with Crippen molar-refractivity contribution in [2.24, 2.45) is 5.92 Å². The van der Waals surface area contributed by atoms with Crippen molar-refractivity contribution in [2.45, 2.75) is 32.6 Å². The average molecular weight is 273 g/mol. The van der Waals surface area contributed by atoms with Crippen molar-refractivity contribution in [1.82, 2.24) is 0 Å². The fourth-order valence-corrected chi connectivity index (χ4v) is 3.06. The maximum Gasteiger partial charge on any atom is 0.328 e. The Hall–Kier alpha value is -1.77. The molecule has 1 aromatic carbocycles. The van der Waals surface area contributed by atoms with Gasteiger partial charge < -0.3 is 10.0 Å². The van der Waals surface area contributed by atoms with E-state index < -0.39 is 5.97 Å². The normalized spacial score (nSPS) is 15.9. The van der Waals surface area contributed by atoms with Crippen LogP contribution in [0.3, 0.4) is 0 Å². The van der Waals surface area contributed by atoms with Gasteiger partial charge in [-0.2, -0.15) is 0 Å². The average Bonchev–Trinajstić information content (AvgIpc) is 2.89. The predicted octanol–water partition coefficient (Wildman–Crippen LogP) is 3.72. The zero-order valence-electron chi connectivity index (χ0n) is 12.3. The van der Waals surface area contributed by atoms with E-state index in [0.717, 1.165) is 18.0 Å². The molecule has 0 radical (unpaired) electrons. The summed E-state index contributed by atoms with van der Waals surface area (Å²) in [6, 6.07) is 6.11. The number of aliphatic carboxylic acids is 1. The predicted molar refractivity (Wildman–Crippen MR) is 83.1 cm³/mol. The molecule has 1 aliphatic carbocycles. The molecule has 0 amide bonds. The number of carboxylic acids is 1. The van der Waals surface area contributed by atoms with E-state index in [0.29, 0.717) is 0 Å². The van der Waals surface area contributed by atoms with E-state index in [1.807, 2.05) is 12.1 Å². The summed E-state index contributed by atoms with van der Waals surface area (Å²) in [5.74, 6) is -0.0870. The van der Waals surface area contributed by atoms with Gasteiger partial charge in [-0.1, -0.05) is 18.9 Å². The molecule has 108 valence electrons. The van der Waals surface area contributed by atoms with Gasteiger partial charge in [0.25, 0.3) is 0 Å². The zero-order valence-corrected chi connectivity index (χ0v) is 12.3. The van der Waals surface area contributed by atoms with Crippen LogP contribution in [0.25, 0.3) is 6.08 Å². The van der Waals surface area contributed by atoms with Crippen molar-refractivity contribution in [1.29, 1.82) is 0 Å². The number of benzene rings is 1. The molecule has 1 N–H and O–H groups in total. The quantitative estimate of drug-likeness (QED) is 0.831. The maximum atomic E-state index is 10.5. The van der Waals surface area contributed by atoms with Gasteiger partial charge in [0.15, 0.2) is 0 Å². The van der Waals surface area contributed by atoms with E-state index >= 15 is 0 Å². The second-order valence-electron chi connectivity index (χ2n) is 5.75. The Morgan fingerprint density at radius 3 is 2.70 bits per heavy atom. The number of anilines is 1. The Kier molecular flexibility index (Phi) is 4.83. The molecule has 0 heterocycles. The van der Waals surface area contributed by atoms with E-state index in [1.54, 1.807) is 6.08 Å².